The Kier molecular flexibility index (Phi) is 3.49. The first-order valence-electron chi connectivity index (χ1n) is 6.03. The third kappa shape index (κ3) is 2.55. The Morgan fingerprint density at radius 3 is 2.69 bits per heavy atom. The van der Waals surface area contributed by atoms with E-state index in [1.165, 1.54) is 32.4 Å². The molecule has 0 bridgehead atoms. The monoisotopic (exact) mass is 226 g/mol. The van der Waals surface area contributed by atoms with Gasteiger partial charge in [-0.05, 0) is 25.3 Å². The predicted molar refractivity (Wildman–Crippen MR) is 60.0 cm³/mol. The van der Waals surface area contributed by atoms with Gasteiger partial charge in [0.2, 0.25) is 0 Å². The number of likely N-dealkylation sites (tertiary alicyclic amines) is 1. The summed E-state index contributed by atoms with van der Waals surface area (Å²) in [6.45, 7) is 8.42. The first kappa shape index (κ1) is 11.5. The quantitative estimate of drug-likeness (QED) is 0.416. The van der Waals surface area contributed by atoms with Crippen molar-refractivity contribution in [2.24, 2.45) is 0 Å². The molecule has 1 unspecified atom stereocenters. The summed E-state index contributed by atoms with van der Waals surface area (Å²) in [5, 5.41) is 0. The van der Waals surface area contributed by atoms with Gasteiger partial charge in [-0.2, -0.15) is 0 Å². The van der Waals surface area contributed by atoms with E-state index in [1.54, 1.807) is 0 Å². The van der Waals surface area contributed by atoms with Crippen molar-refractivity contribution in [3.05, 3.63) is 12.7 Å². The number of carbonyl (C=O) groups excluding carboxylic acids is 1. The van der Waals surface area contributed by atoms with E-state index < -0.39 is 6.16 Å². The number of hydrogen-bond acceptors (Lipinski definition) is 3. The van der Waals surface area contributed by atoms with Crippen LogP contribution in [0.1, 0.15) is 19.3 Å². The zero-order valence-corrected chi connectivity index (χ0v) is 9.69. The second-order valence-corrected chi connectivity index (χ2v) is 4.80. The summed E-state index contributed by atoms with van der Waals surface area (Å²) >= 11 is 0. The second-order valence-electron chi connectivity index (χ2n) is 4.80. The molecule has 0 N–H and O–H groups in total. The van der Waals surface area contributed by atoms with Crippen LogP contribution in [0, 0.1) is 0 Å². The Hall–Kier alpha value is -1.03. The number of ether oxygens (including phenoxy) is 2. The fourth-order valence-electron chi connectivity index (χ4n) is 2.78. The van der Waals surface area contributed by atoms with Gasteiger partial charge in [-0.25, -0.2) is 4.79 Å². The molecule has 90 valence electrons. The van der Waals surface area contributed by atoms with Crippen LogP contribution in [0.5, 0.6) is 0 Å². The Balaban J connectivity index is 1.95. The van der Waals surface area contributed by atoms with Gasteiger partial charge in [-0.15, -0.1) is 0 Å². The number of rotatable bonds is 4. The largest absolute Gasteiger partial charge is 0.509 e. The molecule has 2 rings (SSSR count). The lowest BCUT2D eigenvalue weighted by molar-refractivity contribution is -0.929. The van der Waals surface area contributed by atoms with E-state index in [1.807, 2.05) is 6.08 Å². The van der Waals surface area contributed by atoms with E-state index in [9.17, 15) is 4.79 Å². The maximum Gasteiger partial charge on any atom is 0.509 e. The van der Waals surface area contributed by atoms with Gasteiger partial charge in [0.15, 0.2) is 6.10 Å². The molecule has 0 amide bonds. The molecule has 0 saturated carbocycles. The summed E-state index contributed by atoms with van der Waals surface area (Å²) in [7, 11) is 0. The third-order valence-corrected chi connectivity index (χ3v) is 3.52. The molecule has 0 aromatic rings. The summed E-state index contributed by atoms with van der Waals surface area (Å²) in [6.07, 6.45) is 5.23. The Labute approximate surface area is 96.4 Å². The third-order valence-electron chi connectivity index (χ3n) is 3.52. The second kappa shape index (κ2) is 4.87. The van der Waals surface area contributed by atoms with Crippen LogP contribution in [0.25, 0.3) is 0 Å². The van der Waals surface area contributed by atoms with Crippen molar-refractivity contribution < 1.29 is 18.8 Å². The van der Waals surface area contributed by atoms with Gasteiger partial charge in [-0.3, -0.25) is 0 Å². The van der Waals surface area contributed by atoms with Gasteiger partial charge in [0.25, 0.3) is 0 Å². The van der Waals surface area contributed by atoms with Gasteiger partial charge < -0.3 is 14.0 Å². The van der Waals surface area contributed by atoms with Crippen molar-refractivity contribution in [2.45, 2.75) is 25.4 Å². The topological polar surface area (TPSA) is 35.5 Å². The van der Waals surface area contributed by atoms with Crippen molar-refractivity contribution in [1.29, 1.82) is 0 Å². The minimum absolute atomic E-state index is 0.0643. The lowest BCUT2D eigenvalue weighted by Gasteiger charge is -2.41. The first-order chi connectivity index (χ1) is 7.74. The Morgan fingerprint density at radius 1 is 1.38 bits per heavy atom. The van der Waals surface area contributed by atoms with E-state index in [0.29, 0.717) is 6.61 Å². The summed E-state index contributed by atoms with van der Waals surface area (Å²) in [4.78, 5) is 10.9. The Morgan fingerprint density at radius 2 is 2.12 bits per heavy atom. The molecule has 4 nitrogen and oxygen atoms in total. The maximum absolute atomic E-state index is 10.9. The molecular formula is C12H20NO3+. The van der Waals surface area contributed by atoms with E-state index in [2.05, 4.69) is 6.58 Å². The lowest BCUT2D eigenvalue weighted by atomic mass is 10.1. The van der Waals surface area contributed by atoms with Crippen LogP contribution < -0.4 is 0 Å². The highest BCUT2D eigenvalue weighted by atomic mass is 16.8. The standard InChI is InChI=1S/C12H20NO3/c1-2-6-13(7-4-3-5-8-13)9-11-10-15-12(14)16-11/h2,11H,1,3-10H2/q+1. The van der Waals surface area contributed by atoms with Gasteiger partial charge in [0.05, 0.1) is 19.6 Å². The molecule has 0 spiro atoms. The molecule has 0 aromatic carbocycles. The Bertz CT molecular complexity index is 271. The lowest BCUT2D eigenvalue weighted by Crippen LogP contribution is -2.55. The molecule has 2 fully saturated rings. The number of piperidine rings is 1. The van der Waals surface area contributed by atoms with Crippen molar-refractivity contribution in [2.75, 3.05) is 32.8 Å². The molecule has 16 heavy (non-hydrogen) atoms. The first-order valence-corrected chi connectivity index (χ1v) is 6.03. The number of hydrogen-bond donors (Lipinski definition) is 0. The number of nitrogens with zero attached hydrogens (tertiary/aromatic N) is 1. The van der Waals surface area contributed by atoms with Crippen molar-refractivity contribution >= 4 is 6.16 Å². The van der Waals surface area contributed by atoms with Crippen LogP contribution in [-0.2, 0) is 9.47 Å². The number of cyclic esters (lactones) is 2. The number of carbonyl (C=O) groups is 1. The van der Waals surface area contributed by atoms with E-state index in [4.69, 9.17) is 9.47 Å². The van der Waals surface area contributed by atoms with Crippen molar-refractivity contribution in [3.63, 3.8) is 0 Å². The van der Waals surface area contributed by atoms with Gasteiger partial charge >= 0.3 is 6.16 Å². The maximum atomic E-state index is 10.9. The van der Waals surface area contributed by atoms with Gasteiger partial charge in [0.1, 0.15) is 13.2 Å². The molecule has 0 radical (unpaired) electrons. The fraction of sp³-hybridized carbons (Fsp3) is 0.750. The molecule has 0 aliphatic carbocycles. The van der Waals surface area contributed by atoms with Crippen LogP contribution in [-0.4, -0.2) is 49.5 Å². The highest BCUT2D eigenvalue weighted by Crippen LogP contribution is 2.22. The van der Waals surface area contributed by atoms with E-state index in [-0.39, 0.29) is 6.10 Å². The van der Waals surface area contributed by atoms with Crippen molar-refractivity contribution in [1.82, 2.24) is 0 Å². The van der Waals surface area contributed by atoms with Gasteiger partial charge in [0, 0.05) is 0 Å². The minimum atomic E-state index is -0.515. The zero-order chi connectivity index (χ0) is 11.4. The molecular weight excluding hydrogens is 206 g/mol. The summed E-state index contributed by atoms with van der Waals surface area (Å²) < 4.78 is 11.0. The average molecular weight is 226 g/mol. The highest BCUT2D eigenvalue weighted by molar-refractivity contribution is 5.61. The molecule has 4 heteroatoms. The molecule has 2 aliphatic heterocycles. The molecule has 1 atom stereocenters. The van der Waals surface area contributed by atoms with Crippen LogP contribution in [0.3, 0.4) is 0 Å². The summed E-state index contributed by atoms with van der Waals surface area (Å²) in [6, 6.07) is 0. The average Bonchev–Trinajstić information content (AvgIpc) is 2.65. The molecule has 0 aromatic heterocycles. The molecule has 2 heterocycles. The van der Waals surface area contributed by atoms with Crippen LogP contribution in [0.4, 0.5) is 4.79 Å². The SMILES string of the molecule is C=CC[N+]1(CC2COC(=O)O2)CCCCC1. The number of quaternary nitrogens is 1. The minimum Gasteiger partial charge on any atom is -0.430 e. The smallest absolute Gasteiger partial charge is 0.430 e. The van der Waals surface area contributed by atoms with Crippen LogP contribution >= 0.6 is 0 Å². The van der Waals surface area contributed by atoms with Crippen molar-refractivity contribution in [3.8, 4) is 0 Å². The summed E-state index contributed by atoms with van der Waals surface area (Å²) in [5.41, 5.74) is 0. The predicted octanol–water partition coefficient (Wildman–Crippen LogP) is 1.71. The molecule has 2 aliphatic rings. The van der Waals surface area contributed by atoms with E-state index >= 15 is 0 Å². The van der Waals surface area contributed by atoms with Crippen LogP contribution in [0.2, 0.25) is 0 Å². The fourth-order valence-corrected chi connectivity index (χ4v) is 2.78. The van der Waals surface area contributed by atoms with Crippen LogP contribution in [0.15, 0.2) is 12.7 Å². The molecule has 2 saturated heterocycles. The van der Waals surface area contributed by atoms with E-state index in [0.717, 1.165) is 17.6 Å². The normalized spacial score (nSPS) is 28.2. The summed E-state index contributed by atoms with van der Waals surface area (Å²) in [5.74, 6) is 0. The van der Waals surface area contributed by atoms with Gasteiger partial charge in [-0.1, -0.05) is 6.58 Å². The highest BCUT2D eigenvalue weighted by Gasteiger charge is 2.36. The zero-order valence-electron chi connectivity index (χ0n) is 9.69.